The third kappa shape index (κ3) is 4.16. The number of hydrogen-bond acceptors (Lipinski definition) is 6. The van der Waals surface area contributed by atoms with E-state index in [1.54, 1.807) is 12.1 Å². The molecule has 3 rings (SSSR count). The molecule has 29 heavy (non-hydrogen) atoms. The SMILES string of the molecule is COc1ccc(CC(=O)C2C(=O)CC(c3ccccc3)CC2=O)c(OC)c1OC. The van der Waals surface area contributed by atoms with Gasteiger partial charge in [-0.1, -0.05) is 36.4 Å². The van der Waals surface area contributed by atoms with E-state index in [0.717, 1.165) is 5.56 Å². The van der Waals surface area contributed by atoms with Crippen LogP contribution in [0.1, 0.15) is 29.9 Å². The molecule has 1 fully saturated rings. The van der Waals surface area contributed by atoms with Crippen LogP contribution in [-0.4, -0.2) is 38.7 Å². The highest BCUT2D eigenvalue weighted by molar-refractivity contribution is 6.21. The van der Waals surface area contributed by atoms with Gasteiger partial charge in [-0.15, -0.1) is 0 Å². The van der Waals surface area contributed by atoms with Gasteiger partial charge in [-0.05, 0) is 17.5 Å². The highest BCUT2D eigenvalue weighted by atomic mass is 16.5. The fourth-order valence-corrected chi connectivity index (χ4v) is 3.89. The third-order valence-electron chi connectivity index (χ3n) is 5.28. The maximum Gasteiger partial charge on any atom is 0.203 e. The zero-order valence-electron chi connectivity index (χ0n) is 16.8. The van der Waals surface area contributed by atoms with Crippen molar-refractivity contribution in [3.8, 4) is 17.2 Å². The molecule has 1 saturated carbocycles. The van der Waals surface area contributed by atoms with Crippen LogP contribution in [-0.2, 0) is 20.8 Å². The number of methoxy groups -OCH3 is 3. The van der Waals surface area contributed by atoms with Gasteiger partial charge in [-0.3, -0.25) is 14.4 Å². The van der Waals surface area contributed by atoms with Crippen LogP contribution in [0.3, 0.4) is 0 Å². The number of ketones is 3. The van der Waals surface area contributed by atoms with Gasteiger partial charge in [0.25, 0.3) is 0 Å². The molecular weight excluding hydrogens is 372 g/mol. The number of Topliss-reactive ketones (excluding diaryl/α,β-unsaturated/α-hetero) is 3. The number of carbonyl (C=O) groups is 3. The second kappa shape index (κ2) is 8.90. The van der Waals surface area contributed by atoms with Crippen molar-refractivity contribution in [1.82, 2.24) is 0 Å². The minimum Gasteiger partial charge on any atom is -0.493 e. The molecule has 0 aromatic heterocycles. The van der Waals surface area contributed by atoms with Crippen molar-refractivity contribution >= 4 is 17.3 Å². The first kappa shape index (κ1) is 20.6. The summed E-state index contributed by atoms with van der Waals surface area (Å²) in [7, 11) is 4.45. The van der Waals surface area contributed by atoms with E-state index < -0.39 is 11.7 Å². The van der Waals surface area contributed by atoms with Gasteiger partial charge in [0, 0.05) is 24.8 Å². The highest BCUT2D eigenvalue weighted by Gasteiger charge is 2.40. The molecule has 2 aromatic rings. The average Bonchev–Trinajstić information content (AvgIpc) is 2.73. The van der Waals surface area contributed by atoms with E-state index in [2.05, 4.69) is 0 Å². The van der Waals surface area contributed by atoms with E-state index in [9.17, 15) is 14.4 Å². The summed E-state index contributed by atoms with van der Waals surface area (Å²) in [5, 5.41) is 0. The largest absolute Gasteiger partial charge is 0.493 e. The second-order valence-corrected chi connectivity index (χ2v) is 7.02. The molecule has 0 spiro atoms. The number of hydrogen-bond donors (Lipinski definition) is 0. The zero-order valence-corrected chi connectivity index (χ0v) is 16.8. The van der Waals surface area contributed by atoms with Crippen molar-refractivity contribution < 1.29 is 28.6 Å². The van der Waals surface area contributed by atoms with Crippen LogP contribution < -0.4 is 14.2 Å². The lowest BCUT2D eigenvalue weighted by molar-refractivity contribution is -0.142. The zero-order chi connectivity index (χ0) is 21.0. The second-order valence-electron chi connectivity index (χ2n) is 7.02. The maximum absolute atomic E-state index is 12.9. The van der Waals surface area contributed by atoms with E-state index in [-0.39, 0.29) is 36.7 Å². The Hall–Kier alpha value is -3.15. The quantitative estimate of drug-likeness (QED) is 0.669. The molecular formula is C23H24O6. The lowest BCUT2D eigenvalue weighted by Gasteiger charge is -2.26. The number of ether oxygens (including phenoxy) is 3. The lowest BCUT2D eigenvalue weighted by Crippen LogP contribution is -2.38. The van der Waals surface area contributed by atoms with Gasteiger partial charge >= 0.3 is 0 Å². The van der Waals surface area contributed by atoms with Crippen LogP contribution in [0.5, 0.6) is 17.2 Å². The minimum absolute atomic E-state index is 0.0956. The molecule has 0 atom stereocenters. The van der Waals surface area contributed by atoms with Crippen molar-refractivity contribution in [2.75, 3.05) is 21.3 Å². The van der Waals surface area contributed by atoms with Crippen LogP contribution in [0.25, 0.3) is 0 Å². The third-order valence-corrected chi connectivity index (χ3v) is 5.28. The van der Waals surface area contributed by atoms with Crippen molar-refractivity contribution in [3.63, 3.8) is 0 Å². The van der Waals surface area contributed by atoms with Crippen molar-refractivity contribution in [2.24, 2.45) is 5.92 Å². The van der Waals surface area contributed by atoms with Crippen LogP contribution in [0.4, 0.5) is 0 Å². The molecule has 0 saturated heterocycles. The molecule has 0 amide bonds. The Morgan fingerprint density at radius 1 is 0.862 bits per heavy atom. The Balaban J connectivity index is 1.80. The number of carbonyl (C=O) groups excluding carboxylic acids is 3. The first-order valence-corrected chi connectivity index (χ1v) is 9.41. The molecule has 0 bridgehead atoms. The Labute approximate surface area is 169 Å². The van der Waals surface area contributed by atoms with Gasteiger partial charge in [-0.25, -0.2) is 0 Å². The summed E-state index contributed by atoms with van der Waals surface area (Å²) in [6.07, 6.45) is 0.284. The van der Waals surface area contributed by atoms with Crippen LogP contribution in [0, 0.1) is 5.92 Å². The first-order valence-electron chi connectivity index (χ1n) is 9.41. The predicted octanol–water partition coefficient (Wildman–Crippen LogP) is 3.16. The van der Waals surface area contributed by atoms with Crippen LogP contribution in [0.2, 0.25) is 0 Å². The summed E-state index contributed by atoms with van der Waals surface area (Å²) in [4.78, 5) is 38.2. The molecule has 1 aliphatic rings. The molecule has 0 radical (unpaired) electrons. The van der Waals surface area contributed by atoms with Crippen molar-refractivity contribution in [2.45, 2.75) is 25.2 Å². The van der Waals surface area contributed by atoms with Gasteiger partial charge in [0.15, 0.2) is 28.8 Å². The van der Waals surface area contributed by atoms with Crippen molar-refractivity contribution in [1.29, 1.82) is 0 Å². The van der Waals surface area contributed by atoms with Crippen LogP contribution >= 0.6 is 0 Å². The summed E-state index contributed by atoms with van der Waals surface area (Å²) in [6.45, 7) is 0. The molecule has 0 unspecified atom stereocenters. The van der Waals surface area contributed by atoms with Crippen LogP contribution in [0.15, 0.2) is 42.5 Å². The molecule has 2 aromatic carbocycles. The van der Waals surface area contributed by atoms with E-state index in [1.165, 1.54) is 21.3 Å². The topological polar surface area (TPSA) is 78.9 Å². The normalized spacial score (nSPS) is 19.0. The monoisotopic (exact) mass is 396 g/mol. The number of benzene rings is 2. The highest BCUT2D eigenvalue weighted by Crippen LogP contribution is 2.40. The molecule has 0 aliphatic heterocycles. The summed E-state index contributed by atoms with van der Waals surface area (Å²) < 4.78 is 16.0. The Kier molecular flexibility index (Phi) is 6.32. The fourth-order valence-electron chi connectivity index (χ4n) is 3.89. The molecule has 6 heteroatoms. The van der Waals surface area contributed by atoms with E-state index in [4.69, 9.17) is 14.2 Å². The van der Waals surface area contributed by atoms with Gasteiger partial charge in [-0.2, -0.15) is 0 Å². The van der Waals surface area contributed by atoms with E-state index in [0.29, 0.717) is 22.8 Å². The summed E-state index contributed by atoms with van der Waals surface area (Å²) in [6, 6.07) is 12.8. The van der Waals surface area contributed by atoms with Gasteiger partial charge in [0.1, 0.15) is 5.92 Å². The van der Waals surface area contributed by atoms with Gasteiger partial charge in [0.05, 0.1) is 21.3 Å². The predicted molar refractivity (Wildman–Crippen MR) is 107 cm³/mol. The Bertz CT molecular complexity index is 900. The lowest BCUT2D eigenvalue weighted by atomic mass is 9.74. The molecule has 1 aliphatic carbocycles. The molecule has 0 heterocycles. The standard InChI is InChI=1S/C23H24O6/c1-27-20-10-9-15(22(28-2)23(20)29-3)11-17(24)21-18(25)12-16(13-19(21)26)14-7-5-4-6-8-14/h4-10,16,21H,11-13H2,1-3H3. The van der Waals surface area contributed by atoms with Crippen molar-refractivity contribution in [3.05, 3.63) is 53.6 Å². The minimum atomic E-state index is -1.22. The van der Waals surface area contributed by atoms with E-state index in [1.807, 2.05) is 30.3 Å². The smallest absolute Gasteiger partial charge is 0.203 e. The number of rotatable bonds is 7. The summed E-state index contributed by atoms with van der Waals surface area (Å²) in [5.74, 6) is -1.25. The Morgan fingerprint density at radius 2 is 1.48 bits per heavy atom. The first-order chi connectivity index (χ1) is 14.0. The average molecular weight is 396 g/mol. The maximum atomic E-state index is 12.9. The van der Waals surface area contributed by atoms with Gasteiger partial charge in [0.2, 0.25) is 5.75 Å². The fraction of sp³-hybridized carbons (Fsp3) is 0.348. The molecule has 6 nitrogen and oxygen atoms in total. The molecule has 0 N–H and O–H groups in total. The summed E-state index contributed by atoms with van der Waals surface area (Å²) in [5.41, 5.74) is 1.49. The Morgan fingerprint density at radius 3 is 2.03 bits per heavy atom. The van der Waals surface area contributed by atoms with E-state index >= 15 is 0 Å². The molecule has 152 valence electrons. The summed E-state index contributed by atoms with van der Waals surface area (Å²) >= 11 is 0. The van der Waals surface area contributed by atoms with Gasteiger partial charge < -0.3 is 14.2 Å².